The van der Waals surface area contributed by atoms with Crippen LogP contribution in [0.25, 0.3) is 0 Å². The predicted molar refractivity (Wildman–Crippen MR) is 63.7 cm³/mol. The number of likely N-dealkylation sites (N-methyl/N-ethyl adjacent to an activating group) is 1. The molecule has 0 radical (unpaired) electrons. The lowest BCUT2D eigenvalue weighted by Gasteiger charge is -2.34. The van der Waals surface area contributed by atoms with Gasteiger partial charge in [-0.15, -0.1) is 0 Å². The maximum Gasteiger partial charge on any atom is 0.0826 e. The molecule has 94 valence electrons. The summed E-state index contributed by atoms with van der Waals surface area (Å²) in [7, 11) is 0. The largest absolute Gasteiger partial charge is 0.379 e. The molecular weight excluding hydrogens is 204 g/mol. The normalized spacial score (nSPS) is 36.8. The summed E-state index contributed by atoms with van der Waals surface area (Å²) in [4.78, 5) is 2.45. The zero-order valence-corrected chi connectivity index (χ0v) is 10.5. The molecule has 16 heavy (non-hydrogen) atoms. The van der Waals surface area contributed by atoms with E-state index < -0.39 is 0 Å². The van der Waals surface area contributed by atoms with Crippen LogP contribution >= 0.6 is 0 Å². The average molecular weight is 228 g/mol. The fourth-order valence-electron chi connectivity index (χ4n) is 2.36. The molecule has 0 aromatic carbocycles. The predicted octanol–water partition coefficient (Wildman–Crippen LogP) is 0.476. The molecule has 2 aliphatic heterocycles. The first-order valence-corrected chi connectivity index (χ1v) is 6.38. The van der Waals surface area contributed by atoms with Crippen molar-refractivity contribution in [3.8, 4) is 0 Å². The van der Waals surface area contributed by atoms with Crippen LogP contribution in [0.1, 0.15) is 20.3 Å². The van der Waals surface area contributed by atoms with Gasteiger partial charge in [0.05, 0.1) is 19.3 Å². The van der Waals surface area contributed by atoms with Crippen LogP contribution in [0.4, 0.5) is 0 Å². The molecule has 2 unspecified atom stereocenters. The summed E-state index contributed by atoms with van der Waals surface area (Å²) in [5, 5.41) is 3.60. The third-order valence-corrected chi connectivity index (χ3v) is 3.65. The standard InChI is InChI=1S/C12H24N2O2/c1-3-14-5-7-16-11(9-14)8-13-12(2)4-6-15-10-12/h11,13H,3-10H2,1-2H3. The number of hydrogen-bond acceptors (Lipinski definition) is 4. The summed E-state index contributed by atoms with van der Waals surface area (Å²) in [6.45, 7) is 11.2. The number of rotatable bonds is 4. The first kappa shape index (κ1) is 12.3. The van der Waals surface area contributed by atoms with Gasteiger partial charge in [0.2, 0.25) is 0 Å². The van der Waals surface area contributed by atoms with Crippen LogP contribution in [0.15, 0.2) is 0 Å². The number of morpholine rings is 1. The van der Waals surface area contributed by atoms with Gasteiger partial charge in [-0.05, 0) is 19.9 Å². The molecule has 2 fully saturated rings. The van der Waals surface area contributed by atoms with Crippen LogP contribution in [0.3, 0.4) is 0 Å². The molecule has 2 rings (SSSR count). The van der Waals surface area contributed by atoms with E-state index in [2.05, 4.69) is 24.1 Å². The van der Waals surface area contributed by atoms with E-state index in [0.717, 1.165) is 52.4 Å². The van der Waals surface area contributed by atoms with Gasteiger partial charge < -0.3 is 14.8 Å². The molecule has 0 amide bonds. The minimum absolute atomic E-state index is 0.165. The van der Waals surface area contributed by atoms with Crippen LogP contribution in [0, 0.1) is 0 Å². The van der Waals surface area contributed by atoms with Crippen molar-refractivity contribution in [1.82, 2.24) is 10.2 Å². The van der Waals surface area contributed by atoms with E-state index in [4.69, 9.17) is 9.47 Å². The molecule has 0 saturated carbocycles. The fourth-order valence-corrected chi connectivity index (χ4v) is 2.36. The highest BCUT2D eigenvalue weighted by atomic mass is 16.5. The van der Waals surface area contributed by atoms with Gasteiger partial charge in [0.1, 0.15) is 0 Å². The fraction of sp³-hybridized carbons (Fsp3) is 1.00. The lowest BCUT2D eigenvalue weighted by Crippen LogP contribution is -2.51. The smallest absolute Gasteiger partial charge is 0.0826 e. The highest BCUT2D eigenvalue weighted by molar-refractivity contribution is 4.88. The molecule has 1 N–H and O–H groups in total. The molecule has 2 atom stereocenters. The Balaban J connectivity index is 1.72. The van der Waals surface area contributed by atoms with Crippen LogP contribution in [-0.4, -0.2) is 62.5 Å². The average Bonchev–Trinajstić information content (AvgIpc) is 2.75. The molecule has 0 spiro atoms. The van der Waals surface area contributed by atoms with Gasteiger partial charge in [0.15, 0.2) is 0 Å². The van der Waals surface area contributed by atoms with Crippen molar-refractivity contribution in [2.45, 2.75) is 31.9 Å². The van der Waals surface area contributed by atoms with Gasteiger partial charge in [-0.2, -0.15) is 0 Å². The van der Waals surface area contributed by atoms with E-state index in [9.17, 15) is 0 Å². The van der Waals surface area contributed by atoms with E-state index in [1.54, 1.807) is 0 Å². The molecule has 0 bridgehead atoms. The van der Waals surface area contributed by atoms with Crippen LogP contribution in [-0.2, 0) is 9.47 Å². The number of nitrogens with zero attached hydrogens (tertiary/aromatic N) is 1. The molecule has 2 heterocycles. The molecule has 2 aliphatic rings. The number of hydrogen-bond donors (Lipinski definition) is 1. The molecule has 0 aromatic rings. The minimum Gasteiger partial charge on any atom is -0.379 e. The van der Waals surface area contributed by atoms with Gasteiger partial charge in [-0.3, -0.25) is 4.90 Å². The van der Waals surface area contributed by atoms with Crippen molar-refractivity contribution in [3.63, 3.8) is 0 Å². The third-order valence-electron chi connectivity index (χ3n) is 3.65. The van der Waals surface area contributed by atoms with E-state index in [1.807, 2.05) is 0 Å². The molecule has 2 saturated heterocycles. The maximum atomic E-state index is 5.77. The zero-order chi connectivity index (χ0) is 11.4. The Hall–Kier alpha value is -0.160. The topological polar surface area (TPSA) is 33.7 Å². The summed E-state index contributed by atoms with van der Waals surface area (Å²) >= 11 is 0. The molecule has 4 nitrogen and oxygen atoms in total. The Morgan fingerprint density at radius 3 is 3.00 bits per heavy atom. The van der Waals surface area contributed by atoms with Gasteiger partial charge in [0.25, 0.3) is 0 Å². The van der Waals surface area contributed by atoms with Crippen molar-refractivity contribution < 1.29 is 9.47 Å². The quantitative estimate of drug-likeness (QED) is 0.758. The van der Waals surface area contributed by atoms with Crippen molar-refractivity contribution in [2.24, 2.45) is 0 Å². The van der Waals surface area contributed by atoms with Gasteiger partial charge in [0, 0.05) is 31.8 Å². The Labute approximate surface area is 98.3 Å². The minimum atomic E-state index is 0.165. The van der Waals surface area contributed by atoms with Crippen LogP contribution in [0.2, 0.25) is 0 Å². The maximum absolute atomic E-state index is 5.77. The van der Waals surface area contributed by atoms with Crippen LogP contribution < -0.4 is 5.32 Å². The summed E-state index contributed by atoms with van der Waals surface area (Å²) in [5.41, 5.74) is 0.165. The second-order valence-electron chi connectivity index (χ2n) is 5.13. The molecule has 0 aromatic heterocycles. The zero-order valence-electron chi connectivity index (χ0n) is 10.5. The van der Waals surface area contributed by atoms with E-state index in [-0.39, 0.29) is 5.54 Å². The van der Waals surface area contributed by atoms with Crippen molar-refractivity contribution in [1.29, 1.82) is 0 Å². The first-order valence-electron chi connectivity index (χ1n) is 6.38. The summed E-state index contributed by atoms with van der Waals surface area (Å²) in [6.07, 6.45) is 1.45. The Morgan fingerprint density at radius 2 is 2.31 bits per heavy atom. The Bertz CT molecular complexity index is 217. The van der Waals surface area contributed by atoms with Gasteiger partial charge in [-0.25, -0.2) is 0 Å². The molecule has 4 heteroatoms. The molecule has 0 aliphatic carbocycles. The summed E-state index contributed by atoms with van der Waals surface area (Å²) in [5.74, 6) is 0. The van der Waals surface area contributed by atoms with E-state index in [1.165, 1.54) is 0 Å². The van der Waals surface area contributed by atoms with Crippen molar-refractivity contribution >= 4 is 0 Å². The van der Waals surface area contributed by atoms with Crippen LogP contribution in [0.5, 0.6) is 0 Å². The summed E-state index contributed by atoms with van der Waals surface area (Å²) in [6, 6.07) is 0. The second-order valence-corrected chi connectivity index (χ2v) is 5.13. The Morgan fingerprint density at radius 1 is 1.44 bits per heavy atom. The monoisotopic (exact) mass is 228 g/mol. The van der Waals surface area contributed by atoms with Gasteiger partial charge in [-0.1, -0.05) is 6.92 Å². The lowest BCUT2D eigenvalue weighted by atomic mass is 10.0. The number of nitrogens with one attached hydrogen (secondary N) is 1. The van der Waals surface area contributed by atoms with Crippen molar-refractivity contribution in [3.05, 3.63) is 0 Å². The number of ether oxygens (including phenoxy) is 2. The van der Waals surface area contributed by atoms with E-state index in [0.29, 0.717) is 6.10 Å². The van der Waals surface area contributed by atoms with Crippen molar-refractivity contribution in [2.75, 3.05) is 46.0 Å². The molecular formula is C12H24N2O2. The van der Waals surface area contributed by atoms with E-state index >= 15 is 0 Å². The second kappa shape index (κ2) is 5.45. The highest BCUT2D eigenvalue weighted by Crippen LogP contribution is 2.17. The lowest BCUT2D eigenvalue weighted by molar-refractivity contribution is -0.0284. The SMILES string of the molecule is CCN1CCOC(CNC2(C)CCOC2)C1. The summed E-state index contributed by atoms with van der Waals surface area (Å²) < 4.78 is 11.2. The first-order chi connectivity index (χ1) is 7.72. The highest BCUT2D eigenvalue weighted by Gasteiger charge is 2.30. The third kappa shape index (κ3) is 3.17. The van der Waals surface area contributed by atoms with Gasteiger partial charge >= 0.3 is 0 Å². The Kier molecular flexibility index (Phi) is 4.19.